The molecule has 1 N–H and O–H groups in total. The Kier molecular flexibility index (Phi) is 2.48. The zero-order valence-electron chi connectivity index (χ0n) is 6.12. The minimum absolute atomic E-state index is 0.00292. The molecular formula is C5H7N3O2S. The Bertz CT molecular complexity index is 260. The summed E-state index contributed by atoms with van der Waals surface area (Å²) in [5, 5.41) is 9.86. The van der Waals surface area contributed by atoms with E-state index in [0.29, 0.717) is 5.22 Å². The third-order valence-electron chi connectivity index (χ3n) is 1.00. The average Bonchev–Trinajstić information content (AvgIpc) is 2.50. The van der Waals surface area contributed by atoms with Crippen LogP contribution >= 0.6 is 11.8 Å². The van der Waals surface area contributed by atoms with Crippen LogP contribution in [0.2, 0.25) is 0 Å². The number of carbonyl (C=O) groups excluding carboxylic acids is 1. The predicted octanol–water partition coefficient (Wildman–Crippen LogP) is 0.151. The molecule has 0 aromatic carbocycles. The molecule has 0 atom stereocenters. The van der Waals surface area contributed by atoms with E-state index in [4.69, 9.17) is 4.42 Å². The van der Waals surface area contributed by atoms with Crippen LogP contribution in [-0.2, 0) is 0 Å². The van der Waals surface area contributed by atoms with E-state index in [1.54, 1.807) is 6.26 Å². The molecule has 0 radical (unpaired) electrons. The number of amides is 1. The van der Waals surface area contributed by atoms with Gasteiger partial charge in [-0.15, -0.1) is 10.2 Å². The Morgan fingerprint density at radius 3 is 2.82 bits per heavy atom. The molecule has 0 spiro atoms. The number of thioether (sulfide) groups is 1. The molecular weight excluding hydrogens is 166 g/mol. The monoisotopic (exact) mass is 173 g/mol. The maximum atomic E-state index is 10.8. The second-order valence-electron chi connectivity index (χ2n) is 1.66. The zero-order valence-corrected chi connectivity index (χ0v) is 6.94. The van der Waals surface area contributed by atoms with Crippen molar-refractivity contribution in [1.29, 1.82) is 0 Å². The van der Waals surface area contributed by atoms with Gasteiger partial charge in [-0.3, -0.25) is 4.79 Å². The van der Waals surface area contributed by atoms with Gasteiger partial charge in [-0.05, 0) is 6.26 Å². The van der Waals surface area contributed by atoms with Crippen LogP contribution in [0.1, 0.15) is 10.7 Å². The summed E-state index contributed by atoms with van der Waals surface area (Å²) >= 11 is 1.30. The van der Waals surface area contributed by atoms with Crippen molar-refractivity contribution in [2.45, 2.75) is 5.22 Å². The molecule has 5 nitrogen and oxygen atoms in total. The molecule has 60 valence electrons. The quantitative estimate of drug-likeness (QED) is 0.645. The molecule has 11 heavy (non-hydrogen) atoms. The third-order valence-corrected chi connectivity index (χ3v) is 1.52. The van der Waals surface area contributed by atoms with Crippen LogP contribution in [0, 0.1) is 0 Å². The van der Waals surface area contributed by atoms with Crippen LogP contribution in [0.5, 0.6) is 0 Å². The van der Waals surface area contributed by atoms with Gasteiger partial charge in [0.15, 0.2) is 0 Å². The van der Waals surface area contributed by atoms with E-state index < -0.39 is 0 Å². The van der Waals surface area contributed by atoms with E-state index in [-0.39, 0.29) is 11.8 Å². The van der Waals surface area contributed by atoms with E-state index in [2.05, 4.69) is 15.5 Å². The summed E-state index contributed by atoms with van der Waals surface area (Å²) in [6.45, 7) is 0. The second-order valence-corrected chi connectivity index (χ2v) is 2.41. The van der Waals surface area contributed by atoms with E-state index in [9.17, 15) is 4.79 Å². The van der Waals surface area contributed by atoms with Gasteiger partial charge in [0.1, 0.15) is 0 Å². The van der Waals surface area contributed by atoms with E-state index in [1.165, 1.54) is 18.8 Å². The first-order chi connectivity index (χ1) is 5.27. The predicted molar refractivity (Wildman–Crippen MR) is 39.5 cm³/mol. The van der Waals surface area contributed by atoms with Crippen molar-refractivity contribution in [2.75, 3.05) is 13.3 Å². The lowest BCUT2D eigenvalue weighted by atomic mass is 10.6. The maximum Gasteiger partial charge on any atom is 0.308 e. The van der Waals surface area contributed by atoms with Crippen molar-refractivity contribution in [3.05, 3.63) is 5.89 Å². The highest BCUT2D eigenvalue weighted by Gasteiger charge is 2.11. The molecule has 0 aliphatic carbocycles. The van der Waals surface area contributed by atoms with Crippen LogP contribution in [0.3, 0.4) is 0 Å². The molecule has 1 aromatic rings. The third kappa shape index (κ3) is 1.70. The van der Waals surface area contributed by atoms with Crippen molar-refractivity contribution >= 4 is 17.7 Å². The molecule has 1 rings (SSSR count). The Morgan fingerprint density at radius 2 is 2.36 bits per heavy atom. The lowest BCUT2D eigenvalue weighted by Crippen LogP contribution is -2.17. The number of carbonyl (C=O) groups is 1. The molecule has 0 fully saturated rings. The van der Waals surface area contributed by atoms with Gasteiger partial charge in [0.25, 0.3) is 5.22 Å². The molecule has 0 saturated heterocycles. The highest BCUT2D eigenvalue weighted by Crippen LogP contribution is 2.11. The summed E-state index contributed by atoms with van der Waals surface area (Å²) in [6.07, 6.45) is 1.79. The van der Waals surface area contributed by atoms with Crippen molar-refractivity contribution < 1.29 is 9.21 Å². The Balaban J connectivity index is 2.80. The molecule has 0 unspecified atom stereocenters. The highest BCUT2D eigenvalue weighted by atomic mass is 32.2. The van der Waals surface area contributed by atoms with Crippen molar-refractivity contribution in [3.63, 3.8) is 0 Å². The number of nitrogens with one attached hydrogen (secondary N) is 1. The molecule has 0 aliphatic heterocycles. The molecule has 0 aliphatic rings. The molecule has 1 heterocycles. The Hall–Kier alpha value is -1.04. The molecule has 0 saturated carbocycles. The highest BCUT2D eigenvalue weighted by molar-refractivity contribution is 7.98. The van der Waals surface area contributed by atoms with Gasteiger partial charge >= 0.3 is 11.8 Å². The first kappa shape index (κ1) is 8.06. The summed E-state index contributed by atoms with van der Waals surface area (Å²) in [5.41, 5.74) is 0. The van der Waals surface area contributed by atoms with E-state index in [0.717, 1.165) is 0 Å². The standard InChI is InChI=1S/C5H7N3O2S/c1-6-3(9)4-7-8-5(10-4)11-2/h1-2H3,(H,6,9). The van der Waals surface area contributed by atoms with Gasteiger partial charge in [0.05, 0.1) is 0 Å². The second kappa shape index (κ2) is 3.38. The molecule has 1 amide bonds. The normalized spacial score (nSPS) is 9.64. The SMILES string of the molecule is CNC(=O)c1nnc(SC)o1. The summed E-state index contributed by atoms with van der Waals surface area (Å²) in [4.78, 5) is 10.8. The van der Waals surface area contributed by atoms with Crippen molar-refractivity contribution in [1.82, 2.24) is 15.5 Å². The summed E-state index contributed by atoms with van der Waals surface area (Å²) in [7, 11) is 1.51. The van der Waals surface area contributed by atoms with Gasteiger partial charge in [-0.1, -0.05) is 11.8 Å². The first-order valence-corrected chi connectivity index (χ1v) is 4.10. The number of nitrogens with zero attached hydrogens (tertiary/aromatic N) is 2. The molecule has 6 heteroatoms. The maximum absolute atomic E-state index is 10.8. The van der Waals surface area contributed by atoms with Crippen molar-refractivity contribution in [2.24, 2.45) is 0 Å². The number of hydrogen-bond donors (Lipinski definition) is 1. The van der Waals surface area contributed by atoms with Crippen LogP contribution in [0.15, 0.2) is 9.64 Å². The van der Waals surface area contributed by atoms with Gasteiger partial charge in [0, 0.05) is 7.05 Å². The summed E-state index contributed by atoms with van der Waals surface area (Å²) in [5.74, 6) is -0.366. The number of rotatable bonds is 2. The summed E-state index contributed by atoms with van der Waals surface area (Å²) < 4.78 is 4.91. The minimum Gasteiger partial charge on any atom is -0.407 e. The van der Waals surface area contributed by atoms with Crippen LogP contribution in [0.25, 0.3) is 0 Å². The smallest absolute Gasteiger partial charge is 0.308 e. The number of hydrogen-bond acceptors (Lipinski definition) is 5. The van der Waals surface area contributed by atoms with E-state index >= 15 is 0 Å². The fraction of sp³-hybridized carbons (Fsp3) is 0.400. The largest absolute Gasteiger partial charge is 0.407 e. The van der Waals surface area contributed by atoms with Crippen LogP contribution in [-0.4, -0.2) is 29.4 Å². The Labute approximate surface area is 67.6 Å². The molecule has 1 aromatic heterocycles. The average molecular weight is 173 g/mol. The van der Waals surface area contributed by atoms with E-state index in [1.807, 2.05) is 0 Å². The van der Waals surface area contributed by atoms with Crippen LogP contribution in [0.4, 0.5) is 0 Å². The van der Waals surface area contributed by atoms with Gasteiger partial charge in [-0.25, -0.2) is 0 Å². The van der Waals surface area contributed by atoms with Crippen molar-refractivity contribution in [3.8, 4) is 0 Å². The lowest BCUT2D eigenvalue weighted by molar-refractivity contribution is 0.0924. The zero-order chi connectivity index (χ0) is 8.27. The van der Waals surface area contributed by atoms with Gasteiger partial charge < -0.3 is 9.73 Å². The van der Waals surface area contributed by atoms with Gasteiger partial charge in [0.2, 0.25) is 0 Å². The lowest BCUT2D eigenvalue weighted by Gasteiger charge is -1.88. The fourth-order valence-electron chi connectivity index (χ4n) is 0.491. The minimum atomic E-state index is -0.363. The first-order valence-electron chi connectivity index (χ1n) is 2.87. The summed E-state index contributed by atoms with van der Waals surface area (Å²) in [6, 6.07) is 0. The Morgan fingerprint density at radius 1 is 1.64 bits per heavy atom. The van der Waals surface area contributed by atoms with Gasteiger partial charge in [-0.2, -0.15) is 0 Å². The topological polar surface area (TPSA) is 68.0 Å². The van der Waals surface area contributed by atoms with Crippen LogP contribution < -0.4 is 5.32 Å². The molecule has 0 bridgehead atoms. The fourth-order valence-corrected chi connectivity index (χ4v) is 0.776. The number of aromatic nitrogens is 2.